The maximum Gasteiger partial charge on any atom is 0.416 e. The fourth-order valence-corrected chi connectivity index (χ4v) is 3.99. The highest BCUT2D eigenvalue weighted by Gasteiger charge is 2.31. The number of piperidine rings is 1. The molecule has 1 fully saturated rings. The van der Waals surface area contributed by atoms with Crippen molar-refractivity contribution in [2.24, 2.45) is 0 Å². The number of likely N-dealkylation sites (tertiary alicyclic amines) is 1. The molecule has 0 unspecified atom stereocenters. The van der Waals surface area contributed by atoms with Crippen LogP contribution in [0.3, 0.4) is 0 Å². The van der Waals surface area contributed by atoms with E-state index >= 15 is 0 Å². The molecule has 12 heteroatoms. The quantitative estimate of drug-likeness (QED) is 0.553. The molecule has 9 nitrogen and oxygen atoms in total. The van der Waals surface area contributed by atoms with E-state index in [0.29, 0.717) is 48.2 Å². The Hall–Kier alpha value is -3.31. The van der Waals surface area contributed by atoms with Gasteiger partial charge in [0.1, 0.15) is 0 Å². The summed E-state index contributed by atoms with van der Waals surface area (Å²) < 4.78 is 45.2. The summed E-state index contributed by atoms with van der Waals surface area (Å²) in [6, 6.07) is 3.57. The third kappa shape index (κ3) is 5.55. The number of alkyl halides is 3. The van der Waals surface area contributed by atoms with Crippen LogP contribution < -0.4 is 0 Å². The maximum atomic E-state index is 13.2. The Morgan fingerprint density at radius 3 is 2.48 bits per heavy atom. The first-order chi connectivity index (χ1) is 15.7. The monoisotopic (exact) mass is 463 g/mol. The van der Waals surface area contributed by atoms with Gasteiger partial charge in [0.25, 0.3) is 0 Å². The number of halogens is 3. The number of aryl methyl sites for hydroxylation is 3. The zero-order valence-electron chi connectivity index (χ0n) is 18.3. The molecule has 1 amide bonds. The molecule has 0 atom stereocenters. The van der Waals surface area contributed by atoms with E-state index in [1.54, 1.807) is 18.7 Å². The number of carbonyl (C=O) groups excluding carboxylic acids is 1. The highest BCUT2D eigenvalue weighted by molar-refractivity contribution is 5.76. The van der Waals surface area contributed by atoms with Crippen LogP contribution >= 0.6 is 0 Å². The van der Waals surface area contributed by atoms with Crippen molar-refractivity contribution in [2.75, 3.05) is 13.1 Å². The Kier molecular flexibility index (Phi) is 6.43. The van der Waals surface area contributed by atoms with Gasteiger partial charge in [-0.15, -0.1) is 20.4 Å². The first kappa shape index (κ1) is 22.9. The van der Waals surface area contributed by atoms with Gasteiger partial charge in [-0.1, -0.05) is 6.07 Å². The van der Waals surface area contributed by atoms with Gasteiger partial charge < -0.3 is 9.32 Å². The molecular weight excluding hydrogens is 439 g/mol. The lowest BCUT2D eigenvalue weighted by Crippen LogP contribution is -2.38. The Balaban J connectivity index is 1.40. The van der Waals surface area contributed by atoms with Crippen LogP contribution in [0.15, 0.2) is 22.6 Å². The minimum atomic E-state index is -4.46. The summed E-state index contributed by atoms with van der Waals surface area (Å²) in [5, 5.41) is 19.6. The summed E-state index contributed by atoms with van der Waals surface area (Å²) in [7, 11) is 0. The summed E-state index contributed by atoms with van der Waals surface area (Å²) in [6.45, 7) is 4.59. The first-order valence-corrected chi connectivity index (χ1v) is 10.7. The van der Waals surface area contributed by atoms with Crippen molar-refractivity contribution in [1.29, 1.82) is 0 Å². The summed E-state index contributed by atoms with van der Waals surface area (Å²) in [5.74, 6) is 1.65. The predicted octanol–water partition coefficient (Wildman–Crippen LogP) is 3.08. The van der Waals surface area contributed by atoms with E-state index in [4.69, 9.17) is 4.42 Å². The van der Waals surface area contributed by atoms with Gasteiger partial charge in [0.05, 0.1) is 12.1 Å². The smallest absolute Gasteiger partial charge is 0.416 e. The zero-order valence-corrected chi connectivity index (χ0v) is 18.3. The number of amides is 1. The lowest BCUT2D eigenvalue weighted by molar-refractivity contribution is -0.137. The Morgan fingerprint density at radius 1 is 1.12 bits per heavy atom. The zero-order chi connectivity index (χ0) is 23.6. The van der Waals surface area contributed by atoms with Gasteiger partial charge >= 0.3 is 6.18 Å². The SMILES string of the molecule is Cc1nnn(Cc2cc(C(F)(F)F)ccc2CCC(=O)N2CCC(c3nnc(C)o3)CC2)n1. The van der Waals surface area contributed by atoms with E-state index in [2.05, 4.69) is 25.6 Å². The molecule has 3 heterocycles. The number of carbonyl (C=O) groups is 1. The minimum Gasteiger partial charge on any atom is -0.425 e. The van der Waals surface area contributed by atoms with Crippen LogP contribution in [-0.4, -0.2) is 54.3 Å². The summed E-state index contributed by atoms with van der Waals surface area (Å²) in [4.78, 5) is 15.8. The van der Waals surface area contributed by atoms with E-state index in [9.17, 15) is 18.0 Å². The van der Waals surface area contributed by atoms with Crippen LogP contribution in [0, 0.1) is 13.8 Å². The normalized spacial score (nSPS) is 15.2. The summed E-state index contributed by atoms with van der Waals surface area (Å²) in [6.07, 6.45) is -2.47. The second-order valence-electron chi connectivity index (χ2n) is 8.16. The largest absolute Gasteiger partial charge is 0.425 e. The van der Waals surface area contributed by atoms with Crippen LogP contribution in [-0.2, 0) is 23.9 Å². The second kappa shape index (κ2) is 9.28. The molecule has 4 rings (SSSR count). The third-order valence-electron chi connectivity index (χ3n) is 5.74. The van der Waals surface area contributed by atoms with Crippen molar-refractivity contribution in [3.8, 4) is 0 Å². The van der Waals surface area contributed by atoms with E-state index in [1.807, 2.05) is 0 Å². The van der Waals surface area contributed by atoms with Gasteiger partial charge in [-0.2, -0.15) is 18.0 Å². The molecular formula is C21H24F3N7O2. The molecule has 33 heavy (non-hydrogen) atoms. The summed E-state index contributed by atoms with van der Waals surface area (Å²) >= 11 is 0. The lowest BCUT2D eigenvalue weighted by atomic mass is 9.96. The van der Waals surface area contributed by atoms with E-state index in [-0.39, 0.29) is 24.8 Å². The fourth-order valence-electron chi connectivity index (χ4n) is 3.99. The van der Waals surface area contributed by atoms with Gasteiger partial charge in [-0.25, -0.2) is 0 Å². The first-order valence-electron chi connectivity index (χ1n) is 10.7. The molecule has 0 N–H and O–H groups in total. The van der Waals surface area contributed by atoms with Crippen molar-refractivity contribution in [3.05, 3.63) is 52.5 Å². The van der Waals surface area contributed by atoms with Crippen molar-refractivity contribution < 1.29 is 22.4 Å². The van der Waals surface area contributed by atoms with Gasteiger partial charge in [0.2, 0.25) is 17.7 Å². The van der Waals surface area contributed by atoms with Crippen molar-refractivity contribution in [3.63, 3.8) is 0 Å². The second-order valence-corrected chi connectivity index (χ2v) is 8.16. The van der Waals surface area contributed by atoms with Crippen LogP contribution in [0.1, 0.15) is 59.5 Å². The highest BCUT2D eigenvalue weighted by atomic mass is 19.4. The number of hydrogen-bond acceptors (Lipinski definition) is 7. The standard InChI is InChI=1S/C21H24F3N7O2/c1-13-25-29-31(28-13)12-17-11-18(21(22,23)24)5-3-15(17)4-6-19(32)30-9-7-16(8-10-30)20-27-26-14(2)33-20/h3,5,11,16H,4,6-10,12H2,1-2H3. The molecule has 176 valence electrons. The molecule has 2 aromatic heterocycles. The molecule has 1 aliphatic rings. The van der Waals surface area contributed by atoms with Gasteiger partial charge in [0, 0.05) is 32.4 Å². The number of hydrogen-bond donors (Lipinski definition) is 0. The van der Waals surface area contributed by atoms with Crippen molar-refractivity contribution in [2.45, 2.75) is 58.2 Å². The van der Waals surface area contributed by atoms with Crippen LogP contribution in [0.25, 0.3) is 0 Å². The molecule has 0 bridgehead atoms. The van der Waals surface area contributed by atoms with Crippen LogP contribution in [0.2, 0.25) is 0 Å². The average Bonchev–Trinajstić information content (AvgIpc) is 3.40. The molecule has 0 saturated carbocycles. The Labute approximate surface area is 188 Å². The number of benzene rings is 1. The lowest BCUT2D eigenvalue weighted by Gasteiger charge is -2.30. The molecule has 0 spiro atoms. The van der Waals surface area contributed by atoms with Crippen molar-refractivity contribution in [1.82, 2.24) is 35.3 Å². The highest BCUT2D eigenvalue weighted by Crippen LogP contribution is 2.31. The third-order valence-corrected chi connectivity index (χ3v) is 5.74. The van der Waals surface area contributed by atoms with E-state index in [0.717, 1.165) is 25.0 Å². The average molecular weight is 463 g/mol. The molecule has 3 aromatic rings. The van der Waals surface area contributed by atoms with Crippen LogP contribution in [0.5, 0.6) is 0 Å². The minimum absolute atomic E-state index is 0.0317. The Morgan fingerprint density at radius 2 is 1.88 bits per heavy atom. The van der Waals surface area contributed by atoms with Gasteiger partial charge in [0.15, 0.2) is 5.82 Å². The van der Waals surface area contributed by atoms with Gasteiger partial charge in [-0.3, -0.25) is 4.79 Å². The van der Waals surface area contributed by atoms with Gasteiger partial charge in [-0.05, 0) is 54.7 Å². The van der Waals surface area contributed by atoms with Crippen LogP contribution in [0.4, 0.5) is 13.2 Å². The summed E-state index contributed by atoms with van der Waals surface area (Å²) in [5.41, 5.74) is 0.325. The molecule has 1 aliphatic heterocycles. The maximum absolute atomic E-state index is 13.2. The van der Waals surface area contributed by atoms with Crippen molar-refractivity contribution >= 4 is 5.91 Å². The number of rotatable bonds is 6. The number of aromatic nitrogens is 6. The number of nitrogens with zero attached hydrogens (tertiary/aromatic N) is 7. The van der Waals surface area contributed by atoms with E-state index < -0.39 is 11.7 Å². The van der Waals surface area contributed by atoms with E-state index in [1.165, 1.54) is 10.9 Å². The molecule has 0 radical (unpaired) electrons. The molecule has 1 saturated heterocycles. The predicted molar refractivity (Wildman–Crippen MR) is 109 cm³/mol. The molecule has 1 aromatic carbocycles. The number of tetrazole rings is 1. The Bertz CT molecular complexity index is 1120. The topological polar surface area (TPSA) is 103 Å². The fraction of sp³-hybridized carbons (Fsp3) is 0.524. The molecule has 0 aliphatic carbocycles.